The van der Waals surface area contributed by atoms with Gasteiger partial charge in [0, 0.05) is 31.1 Å². The molecule has 0 N–H and O–H groups in total. The second-order valence-corrected chi connectivity index (χ2v) is 9.54. The molecule has 2 fully saturated rings. The lowest BCUT2D eigenvalue weighted by Gasteiger charge is -2.32. The summed E-state index contributed by atoms with van der Waals surface area (Å²) in [6, 6.07) is 5.74. The van der Waals surface area contributed by atoms with Gasteiger partial charge in [0.05, 0.1) is 42.2 Å². The van der Waals surface area contributed by atoms with Crippen LogP contribution in [0.5, 0.6) is 0 Å². The van der Waals surface area contributed by atoms with Crippen LogP contribution in [0.2, 0.25) is 5.02 Å². The van der Waals surface area contributed by atoms with E-state index in [0.717, 1.165) is 29.8 Å². The molecule has 1 saturated carbocycles. The predicted molar refractivity (Wildman–Crippen MR) is 128 cm³/mol. The maximum absolute atomic E-state index is 13.3. The third-order valence-corrected chi connectivity index (χ3v) is 6.99. The third-order valence-electron chi connectivity index (χ3n) is 6.59. The molecule has 0 radical (unpaired) electrons. The smallest absolute Gasteiger partial charge is 0.309 e. The zero-order valence-corrected chi connectivity index (χ0v) is 20.7. The van der Waals surface area contributed by atoms with Crippen LogP contribution in [0.3, 0.4) is 0 Å². The topological polar surface area (TPSA) is 84.7 Å². The van der Waals surface area contributed by atoms with Crippen molar-refractivity contribution >= 4 is 29.4 Å². The normalized spacial score (nSPS) is 16.4. The number of hydrogen-bond acceptors (Lipinski definition) is 5. The van der Waals surface area contributed by atoms with Crippen LogP contribution >= 0.6 is 11.6 Å². The van der Waals surface area contributed by atoms with Crippen LogP contribution in [0.25, 0.3) is 5.69 Å². The number of aryl methyl sites for hydroxylation is 1. The molecule has 8 nitrogen and oxygen atoms in total. The van der Waals surface area contributed by atoms with Crippen molar-refractivity contribution in [2.24, 2.45) is 5.92 Å². The lowest BCUT2D eigenvalue weighted by atomic mass is 9.97. The van der Waals surface area contributed by atoms with E-state index in [1.54, 1.807) is 29.7 Å². The zero-order valence-electron chi connectivity index (χ0n) is 19.9. The van der Waals surface area contributed by atoms with Gasteiger partial charge in [-0.15, -0.1) is 0 Å². The van der Waals surface area contributed by atoms with Gasteiger partial charge in [-0.2, -0.15) is 5.10 Å². The standard InChI is InChI=1S/C25H31ClN4O4/c1-4-34-25(33)18-9-11-29(12-10-18)22(31)15-28(3)24(32)20-14-27-30(23(20)17-6-7-17)19-8-5-16(2)21(26)13-19/h5,8,13-14,17-18H,4,6-7,9-12,15H2,1-3H3. The molecule has 0 unspecified atom stereocenters. The molecule has 1 aromatic heterocycles. The van der Waals surface area contributed by atoms with E-state index < -0.39 is 0 Å². The number of nitrogens with zero attached hydrogens (tertiary/aromatic N) is 4. The fourth-order valence-corrected chi connectivity index (χ4v) is 4.57. The van der Waals surface area contributed by atoms with Crippen molar-refractivity contribution in [3.63, 3.8) is 0 Å². The van der Waals surface area contributed by atoms with E-state index in [0.29, 0.717) is 43.1 Å². The lowest BCUT2D eigenvalue weighted by molar-refractivity contribution is -0.151. The van der Waals surface area contributed by atoms with E-state index >= 15 is 0 Å². The molecule has 2 heterocycles. The van der Waals surface area contributed by atoms with Crippen molar-refractivity contribution in [1.82, 2.24) is 19.6 Å². The van der Waals surface area contributed by atoms with Gasteiger partial charge in [0.1, 0.15) is 0 Å². The van der Waals surface area contributed by atoms with Crippen LogP contribution < -0.4 is 0 Å². The molecule has 1 aromatic carbocycles. The Balaban J connectivity index is 1.43. The van der Waals surface area contributed by atoms with Crippen molar-refractivity contribution in [2.45, 2.75) is 45.4 Å². The number of halogens is 1. The van der Waals surface area contributed by atoms with Crippen LogP contribution in [0.1, 0.15) is 60.1 Å². The molecule has 1 aliphatic heterocycles. The van der Waals surface area contributed by atoms with Gasteiger partial charge in [0.25, 0.3) is 5.91 Å². The molecule has 2 aliphatic rings. The number of hydrogen-bond donors (Lipinski definition) is 0. The first kappa shape index (κ1) is 24.3. The number of aromatic nitrogens is 2. The van der Waals surface area contributed by atoms with Gasteiger partial charge in [-0.1, -0.05) is 17.7 Å². The number of likely N-dealkylation sites (tertiary alicyclic amines) is 1. The first-order valence-electron chi connectivity index (χ1n) is 11.8. The van der Waals surface area contributed by atoms with Gasteiger partial charge in [-0.3, -0.25) is 14.4 Å². The summed E-state index contributed by atoms with van der Waals surface area (Å²) in [7, 11) is 1.64. The number of benzene rings is 1. The second kappa shape index (κ2) is 10.2. The van der Waals surface area contributed by atoms with E-state index in [9.17, 15) is 14.4 Å². The highest BCUT2D eigenvalue weighted by molar-refractivity contribution is 6.31. The summed E-state index contributed by atoms with van der Waals surface area (Å²) in [6.07, 6.45) is 4.77. The number of piperidine rings is 1. The summed E-state index contributed by atoms with van der Waals surface area (Å²) in [6.45, 7) is 5.05. The van der Waals surface area contributed by atoms with E-state index in [4.69, 9.17) is 16.3 Å². The Hall–Kier alpha value is -2.87. The average Bonchev–Trinajstić information content (AvgIpc) is 3.58. The summed E-state index contributed by atoms with van der Waals surface area (Å²) in [4.78, 5) is 41.3. The molecular weight excluding hydrogens is 456 g/mol. The van der Waals surface area contributed by atoms with Crippen LogP contribution in [0.15, 0.2) is 24.4 Å². The van der Waals surface area contributed by atoms with E-state index in [2.05, 4.69) is 5.10 Å². The molecule has 2 amide bonds. The summed E-state index contributed by atoms with van der Waals surface area (Å²) < 4.78 is 6.89. The molecule has 0 atom stereocenters. The first-order valence-corrected chi connectivity index (χ1v) is 12.2. The summed E-state index contributed by atoms with van der Waals surface area (Å²) in [5.74, 6) is -0.426. The Kier molecular flexibility index (Phi) is 7.26. The van der Waals surface area contributed by atoms with Gasteiger partial charge in [0.2, 0.25) is 5.91 Å². The van der Waals surface area contributed by atoms with Crippen molar-refractivity contribution in [2.75, 3.05) is 33.3 Å². The molecule has 0 bridgehead atoms. The Bertz CT molecular complexity index is 1090. The van der Waals surface area contributed by atoms with Crippen molar-refractivity contribution in [1.29, 1.82) is 0 Å². The van der Waals surface area contributed by atoms with Gasteiger partial charge >= 0.3 is 5.97 Å². The highest BCUT2D eigenvalue weighted by Gasteiger charge is 2.35. The first-order chi connectivity index (χ1) is 16.3. The molecule has 1 saturated heterocycles. The number of rotatable bonds is 7. The van der Waals surface area contributed by atoms with Gasteiger partial charge in [-0.25, -0.2) is 4.68 Å². The fraction of sp³-hybridized carbons (Fsp3) is 0.520. The van der Waals surface area contributed by atoms with Crippen molar-refractivity contribution < 1.29 is 19.1 Å². The van der Waals surface area contributed by atoms with Crippen molar-refractivity contribution in [3.05, 3.63) is 46.2 Å². The molecule has 182 valence electrons. The molecule has 34 heavy (non-hydrogen) atoms. The lowest BCUT2D eigenvalue weighted by Crippen LogP contribution is -2.45. The minimum Gasteiger partial charge on any atom is -0.466 e. The number of esters is 1. The van der Waals surface area contributed by atoms with Gasteiger partial charge < -0.3 is 14.5 Å². The van der Waals surface area contributed by atoms with E-state index in [1.165, 1.54) is 4.90 Å². The second-order valence-electron chi connectivity index (χ2n) is 9.13. The van der Waals surface area contributed by atoms with Crippen LogP contribution in [-0.2, 0) is 14.3 Å². The average molecular weight is 487 g/mol. The minimum atomic E-state index is -0.221. The number of carbonyl (C=O) groups excluding carboxylic acids is 3. The quantitative estimate of drug-likeness (QED) is 0.558. The number of amides is 2. The highest BCUT2D eigenvalue weighted by Crippen LogP contribution is 2.43. The number of carbonyl (C=O) groups is 3. The Morgan fingerprint density at radius 2 is 1.88 bits per heavy atom. The van der Waals surface area contributed by atoms with Crippen LogP contribution in [-0.4, -0.2) is 70.7 Å². The molecule has 2 aromatic rings. The predicted octanol–water partition coefficient (Wildman–Crippen LogP) is 3.59. The fourth-order valence-electron chi connectivity index (χ4n) is 4.40. The molecule has 4 rings (SSSR count). The summed E-state index contributed by atoms with van der Waals surface area (Å²) >= 11 is 6.32. The third kappa shape index (κ3) is 5.12. The van der Waals surface area contributed by atoms with Crippen molar-refractivity contribution in [3.8, 4) is 5.69 Å². The maximum atomic E-state index is 13.3. The maximum Gasteiger partial charge on any atom is 0.309 e. The SMILES string of the molecule is CCOC(=O)C1CCN(C(=O)CN(C)C(=O)c2cnn(-c3ccc(C)c(Cl)c3)c2C2CC2)CC1. The van der Waals surface area contributed by atoms with E-state index in [-0.39, 0.29) is 36.2 Å². The van der Waals surface area contributed by atoms with Gasteiger partial charge in [0.15, 0.2) is 0 Å². The van der Waals surface area contributed by atoms with Gasteiger partial charge in [-0.05, 0) is 57.2 Å². The molecular formula is C25H31ClN4O4. The minimum absolute atomic E-state index is 0.0193. The summed E-state index contributed by atoms with van der Waals surface area (Å²) in [5.41, 5.74) is 3.20. The highest BCUT2D eigenvalue weighted by atomic mass is 35.5. The number of ether oxygens (including phenoxy) is 1. The Labute approximate surface area is 204 Å². The zero-order chi connectivity index (χ0) is 24.4. The molecule has 0 spiro atoms. The van der Waals surface area contributed by atoms with Crippen LogP contribution in [0, 0.1) is 12.8 Å². The molecule has 9 heteroatoms. The Morgan fingerprint density at radius 3 is 2.50 bits per heavy atom. The number of likely N-dealkylation sites (N-methyl/N-ethyl adjacent to an activating group) is 1. The van der Waals surface area contributed by atoms with Crippen LogP contribution in [0.4, 0.5) is 0 Å². The monoisotopic (exact) mass is 486 g/mol. The summed E-state index contributed by atoms with van der Waals surface area (Å²) in [5, 5.41) is 5.15. The van der Waals surface area contributed by atoms with E-state index in [1.807, 2.05) is 25.1 Å². The largest absolute Gasteiger partial charge is 0.466 e. The Morgan fingerprint density at radius 1 is 1.18 bits per heavy atom. The molecule has 1 aliphatic carbocycles.